The zero-order valence-electron chi connectivity index (χ0n) is 18.8. The molecule has 3 aromatic rings. The van der Waals surface area contributed by atoms with Crippen LogP contribution >= 0.6 is 23.4 Å². The van der Waals surface area contributed by atoms with Crippen LogP contribution in [0, 0.1) is 11.7 Å². The summed E-state index contributed by atoms with van der Waals surface area (Å²) in [6.45, 7) is 3.62. The number of likely N-dealkylation sites (tertiary alicyclic amines) is 1. The molecule has 2 amide bonds. The van der Waals surface area contributed by atoms with Gasteiger partial charge >= 0.3 is 0 Å². The van der Waals surface area contributed by atoms with E-state index in [0.717, 1.165) is 35.7 Å². The molecule has 34 heavy (non-hydrogen) atoms. The fourth-order valence-electron chi connectivity index (χ4n) is 4.45. The standard InChI is InChI=1S/C27H24ClFN2O2S/c1-17-11-13-30(14-12-17)26(32)18-9-10-25-23(15-18)31(16-20-21(28)6-4-7-22(20)29)27(33)19-5-2-3-8-24(19)34-25/h2-10,15,17H,11-14,16H2,1H3. The van der Waals surface area contributed by atoms with Crippen molar-refractivity contribution in [3.63, 3.8) is 0 Å². The first kappa shape index (κ1) is 22.9. The normalized spacial score (nSPS) is 16.1. The number of hydrogen-bond donors (Lipinski definition) is 0. The van der Waals surface area contributed by atoms with E-state index in [2.05, 4.69) is 6.92 Å². The summed E-state index contributed by atoms with van der Waals surface area (Å²) in [5.74, 6) is -0.151. The van der Waals surface area contributed by atoms with Crippen LogP contribution in [0.5, 0.6) is 0 Å². The summed E-state index contributed by atoms with van der Waals surface area (Å²) in [6.07, 6.45) is 1.97. The number of benzene rings is 3. The Labute approximate surface area is 207 Å². The highest BCUT2D eigenvalue weighted by molar-refractivity contribution is 7.99. The summed E-state index contributed by atoms with van der Waals surface area (Å²) in [6, 6.07) is 17.3. The largest absolute Gasteiger partial charge is 0.339 e. The molecule has 1 saturated heterocycles. The predicted octanol–water partition coefficient (Wildman–Crippen LogP) is 6.66. The lowest BCUT2D eigenvalue weighted by molar-refractivity contribution is 0.0697. The van der Waals surface area contributed by atoms with Crippen LogP contribution in [0.3, 0.4) is 0 Å². The Hall–Kier alpha value is -2.83. The molecular formula is C27H24ClFN2O2S. The third-order valence-electron chi connectivity index (χ3n) is 6.53. The van der Waals surface area contributed by atoms with Gasteiger partial charge in [0, 0.05) is 39.0 Å². The van der Waals surface area contributed by atoms with Crippen LogP contribution in [-0.4, -0.2) is 29.8 Å². The maximum absolute atomic E-state index is 14.7. The Bertz CT molecular complexity index is 1250. The summed E-state index contributed by atoms with van der Waals surface area (Å²) >= 11 is 7.79. The van der Waals surface area contributed by atoms with Gasteiger partial charge < -0.3 is 9.80 Å². The van der Waals surface area contributed by atoms with Crippen molar-refractivity contribution in [2.24, 2.45) is 5.92 Å². The molecule has 174 valence electrons. The number of halogens is 2. The van der Waals surface area contributed by atoms with Crippen molar-refractivity contribution in [2.75, 3.05) is 18.0 Å². The van der Waals surface area contributed by atoms with Gasteiger partial charge in [-0.05, 0) is 61.2 Å². The summed E-state index contributed by atoms with van der Waals surface area (Å²) < 4.78 is 14.7. The molecule has 3 aromatic carbocycles. The number of anilines is 1. The first-order valence-corrected chi connectivity index (χ1v) is 12.6. The first-order chi connectivity index (χ1) is 16.4. The smallest absolute Gasteiger partial charge is 0.259 e. The fourth-order valence-corrected chi connectivity index (χ4v) is 5.73. The predicted molar refractivity (Wildman–Crippen MR) is 133 cm³/mol. The molecule has 2 aliphatic rings. The van der Waals surface area contributed by atoms with Crippen LogP contribution in [0.2, 0.25) is 5.02 Å². The van der Waals surface area contributed by atoms with Gasteiger partial charge in [0.15, 0.2) is 0 Å². The monoisotopic (exact) mass is 494 g/mol. The Morgan fingerprint density at radius 3 is 2.59 bits per heavy atom. The zero-order valence-corrected chi connectivity index (χ0v) is 20.3. The van der Waals surface area contributed by atoms with Crippen molar-refractivity contribution in [3.05, 3.63) is 88.2 Å². The lowest BCUT2D eigenvalue weighted by atomic mass is 9.98. The zero-order chi connectivity index (χ0) is 23.8. The van der Waals surface area contributed by atoms with E-state index in [-0.39, 0.29) is 28.9 Å². The average Bonchev–Trinajstić information content (AvgIpc) is 2.95. The summed E-state index contributed by atoms with van der Waals surface area (Å²) in [5.41, 5.74) is 1.89. The van der Waals surface area contributed by atoms with Gasteiger partial charge in [-0.2, -0.15) is 0 Å². The van der Waals surface area contributed by atoms with E-state index < -0.39 is 5.82 Å². The maximum Gasteiger partial charge on any atom is 0.259 e. The lowest BCUT2D eigenvalue weighted by Gasteiger charge is -2.31. The molecular weight excluding hydrogens is 471 g/mol. The minimum absolute atomic E-state index is 0.0366. The average molecular weight is 495 g/mol. The van der Waals surface area contributed by atoms with Crippen molar-refractivity contribution in [2.45, 2.75) is 36.1 Å². The van der Waals surface area contributed by atoms with Crippen molar-refractivity contribution in [1.82, 2.24) is 4.90 Å². The van der Waals surface area contributed by atoms with Gasteiger partial charge in [0.05, 0.1) is 17.8 Å². The van der Waals surface area contributed by atoms with E-state index in [9.17, 15) is 14.0 Å². The van der Waals surface area contributed by atoms with Crippen molar-refractivity contribution in [1.29, 1.82) is 0 Å². The maximum atomic E-state index is 14.7. The Morgan fingerprint density at radius 1 is 1.06 bits per heavy atom. The Balaban J connectivity index is 1.58. The molecule has 2 heterocycles. The summed E-state index contributed by atoms with van der Waals surface area (Å²) in [5, 5.41) is 0.259. The van der Waals surface area contributed by atoms with Gasteiger partial charge in [0.1, 0.15) is 5.82 Å². The molecule has 5 rings (SSSR count). The van der Waals surface area contributed by atoms with Crippen molar-refractivity contribution < 1.29 is 14.0 Å². The second-order valence-electron chi connectivity index (χ2n) is 8.85. The number of fused-ring (bicyclic) bond motifs is 2. The van der Waals surface area contributed by atoms with Crippen LogP contribution < -0.4 is 4.90 Å². The summed E-state index contributed by atoms with van der Waals surface area (Å²) in [4.78, 5) is 32.0. The molecule has 0 aliphatic carbocycles. The van der Waals surface area contributed by atoms with E-state index in [1.807, 2.05) is 35.2 Å². The Kier molecular flexibility index (Phi) is 6.36. The topological polar surface area (TPSA) is 40.6 Å². The molecule has 0 radical (unpaired) electrons. The number of piperidine rings is 1. The number of rotatable bonds is 3. The van der Waals surface area contributed by atoms with Crippen molar-refractivity contribution in [3.8, 4) is 0 Å². The van der Waals surface area contributed by atoms with Gasteiger partial charge in [-0.25, -0.2) is 4.39 Å². The number of carbonyl (C=O) groups is 2. The van der Waals surface area contributed by atoms with Crippen LogP contribution in [0.25, 0.3) is 0 Å². The molecule has 4 nitrogen and oxygen atoms in total. The van der Waals surface area contributed by atoms with Crippen molar-refractivity contribution >= 4 is 40.9 Å². The molecule has 7 heteroatoms. The molecule has 1 fully saturated rings. The summed E-state index contributed by atoms with van der Waals surface area (Å²) in [7, 11) is 0. The molecule has 0 unspecified atom stereocenters. The molecule has 0 aromatic heterocycles. The molecule has 2 aliphatic heterocycles. The first-order valence-electron chi connectivity index (χ1n) is 11.4. The van der Waals surface area contributed by atoms with Crippen LogP contribution in [0.1, 0.15) is 46.0 Å². The van der Waals surface area contributed by atoms with Gasteiger partial charge in [-0.15, -0.1) is 0 Å². The highest BCUT2D eigenvalue weighted by Gasteiger charge is 2.30. The van der Waals surface area contributed by atoms with Crippen LogP contribution in [0.15, 0.2) is 70.5 Å². The van der Waals surface area contributed by atoms with Gasteiger partial charge in [0.2, 0.25) is 0 Å². The number of nitrogens with zero attached hydrogens (tertiary/aromatic N) is 2. The quantitative estimate of drug-likeness (QED) is 0.408. The third kappa shape index (κ3) is 4.32. The van der Waals surface area contributed by atoms with Crippen LogP contribution in [0.4, 0.5) is 10.1 Å². The SMILES string of the molecule is CC1CCN(C(=O)c2ccc3c(c2)N(Cc2c(F)cccc2Cl)C(=O)c2ccccc2S3)CC1. The van der Waals surface area contributed by atoms with E-state index >= 15 is 0 Å². The van der Waals surface area contributed by atoms with Gasteiger partial charge in [0.25, 0.3) is 11.8 Å². The molecule has 0 spiro atoms. The minimum atomic E-state index is -0.471. The second kappa shape index (κ2) is 9.43. The second-order valence-corrected chi connectivity index (χ2v) is 10.3. The van der Waals surface area contributed by atoms with Gasteiger partial charge in [-0.1, -0.05) is 48.5 Å². The van der Waals surface area contributed by atoms with E-state index in [1.165, 1.54) is 22.7 Å². The van der Waals surface area contributed by atoms with Crippen LogP contribution in [-0.2, 0) is 6.54 Å². The molecule has 0 atom stereocenters. The van der Waals surface area contributed by atoms with E-state index in [1.54, 1.807) is 24.3 Å². The van der Waals surface area contributed by atoms with E-state index in [0.29, 0.717) is 22.7 Å². The minimum Gasteiger partial charge on any atom is -0.339 e. The highest BCUT2D eigenvalue weighted by atomic mass is 35.5. The van der Waals surface area contributed by atoms with Gasteiger partial charge in [-0.3, -0.25) is 9.59 Å². The lowest BCUT2D eigenvalue weighted by Crippen LogP contribution is -2.38. The fraction of sp³-hybridized carbons (Fsp3) is 0.259. The number of hydrogen-bond acceptors (Lipinski definition) is 3. The van der Waals surface area contributed by atoms with E-state index in [4.69, 9.17) is 11.6 Å². The Morgan fingerprint density at radius 2 is 1.82 bits per heavy atom. The molecule has 0 N–H and O–H groups in total. The highest BCUT2D eigenvalue weighted by Crippen LogP contribution is 2.43. The number of carbonyl (C=O) groups excluding carboxylic acids is 2. The number of amides is 2. The molecule has 0 saturated carbocycles. The third-order valence-corrected chi connectivity index (χ3v) is 8.02. The molecule has 0 bridgehead atoms.